The summed E-state index contributed by atoms with van der Waals surface area (Å²) >= 11 is 0. The first-order chi connectivity index (χ1) is 12.1. The highest BCUT2D eigenvalue weighted by atomic mass is 16.5. The topological polar surface area (TPSA) is 37.0 Å². The van der Waals surface area contributed by atoms with Gasteiger partial charge in [-0.2, -0.15) is 0 Å². The molecule has 1 heterocycles. The lowest BCUT2D eigenvalue weighted by Gasteiger charge is -2.34. The highest BCUT2D eigenvalue weighted by molar-refractivity contribution is 4.71. The summed E-state index contributed by atoms with van der Waals surface area (Å²) in [7, 11) is 0. The molecule has 5 nitrogen and oxygen atoms in total. The molecule has 158 valence electrons. The van der Waals surface area contributed by atoms with Crippen LogP contribution in [0.5, 0.6) is 0 Å². The maximum atomic E-state index is 5.78. The van der Waals surface area contributed by atoms with Gasteiger partial charge in [-0.3, -0.25) is 9.80 Å². The second kappa shape index (κ2) is 16.9. The van der Waals surface area contributed by atoms with Crippen LogP contribution in [-0.2, 0) is 9.47 Å². The zero-order valence-corrected chi connectivity index (χ0v) is 17.3. The van der Waals surface area contributed by atoms with Crippen molar-refractivity contribution in [1.29, 1.82) is 0 Å². The molecule has 0 atom stereocenters. The minimum Gasteiger partial charge on any atom is -0.380 e. The summed E-state index contributed by atoms with van der Waals surface area (Å²) in [5.74, 6) is 0.818. The van der Waals surface area contributed by atoms with E-state index in [0.29, 0.717) is 6.04 Å². The Labute approximate surface area is 163 Å². The Bertz CT molecular complexity index is 293. The van der Waals surface area contributed by atoms with E-state index < -0.39 is 0 Å². The molecule has 0 amide bonds. The lowest BCUT2D eigenvalue weighted by atomic mass is 10.1. The number of nitrogens with zero attached hydrogens (tertiary/aromatic N) is 2. The maximum Gasteiger partial charge on any atom is 0.0594 e. The van der Waals surface area contributed by atoms with Gasteiger partial charge in [0.05, 0.1) is 19.8 Å². The molecule has 26 heavy (non-hydrogen) atoms. The highest BCUT2D eigenvalue weighted by Crippen LogP contribution is 2.06. The molecule has 0 aromatic carbocycles. The summed E-state index contributed by atoms with van der Waals surface area (Å²) in [6.07, 6.45) is 3.83. The van der Waals surface area contributed by atoms with Crippen LogP contribution in [-0.4, -0.2) is 88.1 Å². The molecular weight excluding hydrogens is 326 g/mol. The molecule has 0 unspecified atom stereocenters. The van der Waals surface area contributed by atoms with E-state index in [0.717, 1.165) is 78.2 Å². The summed E-state index contributed by atoms with van der Waals surface area (Å²) in [6.45, 7) is 20.1. The van der Waals surface area contributed by atoms with Crippen molar-refractivity contribution in [3.8, 4) is 0 Å². The van der Waals surface area contributed by atoms with Gasteiger partial charge < -0.3 is 14.8 Å². The maximum absolute atomic E-state index is 5.78. The van der Waals surface area contributed by atoms with Crippen LogP contribution in [0.1, 0.15) is 54.4 Å². The van der Waals surface area contributed by atoms with Crippen molar-refractivity contribution >= 4 is 0 Å². The number of unbranched alkanes of at least 4 members (excludes halogenated alkanes) is 1. The highest BCUT2D eigenvalue weighted by Gasteiger charge is 2.15. The number of hydrogen-bond donors (Lipinski definition) is 1. The Hall–Kier alpha value is -0.200. The Morgan fingerprint density at radius 1 is 0.769 bits per heavy atom. The zero-order chi connectivity index (χ0) is 18.3. The Morgan fingerprint density at radius 3 is 1.81 bits per heavy atom. The largest absolute Gasteiger partial charge is 0.380 e. The minimum absolute atomic E-state index is 0. The van der Waals surface area contributed by atoms with Crippen LogP contribution in [0.4, 0.5) is 0 Å². The molecule has 1 aliphatic heterocycles. The molecular formula is C21H47N3O2. The molecule has 0 bridgehead atoms. The summed E-state index contributed by atoms with van der Waals surface area (Å²) in [4.78, 5) is 5.04. The fourth-order valence-corrected chi connectivity index (χ4v) is 3.00. The monoisotopic (exact) mass is 373 g/mol. The average Bonchev–Trinajstić information content (AvgIpc) is 2.58. The molecule has 0 radical (unpaired) electrons. The van der Waals surface area contributed by atoms with Crippen LogP contribution in [0.25, 0.3) is 0 Å². The molecule has 0 aromatic heterocycles. The van der Waals surface area contributed by atoms with E-state index in [1.807, 2.05) is 0 Å². The SMILES string of the molecule is C.CC(C)CCCCOCCN1CCN(CCOCCNC(C)C)CC1. The van der Waals surface area contributed by atoms with Gasteiger partial charge >= 0.3 is 0 Å². The summed E-state index contributed by atoms with van der Waals surface area (Å²) in [5.41, 5.74) is 0. The van der Waals surface area contributed by atoms with E-state index in [1.54, 1.807) is 0 Å². The van der Waals surface area contributed by atoms with E-state index in [9.17, 15) is 0 Å². The smallest absolute Gasteiger partial charge is 0.0594 e. The van der Waals surface area contributed by atoms with E-state index >= 15 is 0 Å². The molecule has 1 fully saturated rings. The minimum atomic E-state index is 0. The van der Waals surface area contributed by atoms with Crippen LogP contribution in [0.2, 0.25) is 0 Å². The number of rotatable bonds is 15. The van der Waals surface area contributed by atoms with Gasteiger partial charge in [0.15, 0.2) is 0 Å². The summed E-state index contributed by atoms with van der Waals surface area (Å²) in [5, 5.41) is 3.37. The van der Waals surface area contributed by atoms with Crippen molar-refractivity contribution < 1.29 is 9.47 Å². The van der Waals surface area contributed by atoms with Crippen LogP contribution in [0.15, 0.2) is 0 Å². The van der Waals surface area contributed by atoms with Crippen molar-refractivity contribution in [2.24, 2.45) is 5.92 Å². The van der Waals surface area contributed by atoms with Gasteiger partial charge in [-0.05, 0) is 12.3 Å². The Morgan fingerprint density at radius 2 is 1.31 bits per heavy atom. The molecule has 1 aliphatic rings. The first-order valence-electron chi connectivity index (χ1n) is 10.4. The van der Waals surface area contributed by atoms with E-state index in [2.05, 4.69) is 42.8 Å². The van der Waals surface area contributed by atoms with Crippen molar-refractivity contribution in [2.45, 2.75) is 60.4 Å². The van der Waals surface area contributed by atoms with Crippen LogP contribution in [0.3, 0.4) is 0 Å². The van der Waals surface area contributed by atoms with Gasteiger partial charge in [0.25, 0.3) is 0 Å². The van der Waals surface area contributed by atoms with Gasteiger partial charge in [0, 0.05) is 58.5 Å². The summed E-state index contributed by atoms with van der Waals surface area (Å²) in [6, 6.07) is 0.542. The molecule has 1 saturated heterocycles. The number of hydrogen-bond acceptors (Lipinski definition) is 5. The molecule has 1 N–H and O–H groups in total. The average molecular weight is 374 g/mol. The normalized spacial score (nSPS) is 16.4. The van der Waals surface area contributed by atoms with Crippen molar-refractivity contribution in [3.63, 3.8) is 0 Å². The third-order valence-corrected chi connectivity index (χ3v) is 4.69. The zero-order valence-electron chi connectivity index (χ0n) is 17.3. The molecule has 1 rings (SSSR count). The number of piperazine rings is 1. The molecule has 5 heteroatoms. The fourth-order valence-electron chi connectivity index (χ4n) is 3.00. The van der Waals surface area contributed by atoms with Gasteiger partial charge in [0.2, 0.25) is 0 Å². The first kappa shape index (κ1) is 25.8. The predicted octanol–water partition coefficient (Wildman–Crippen LogP) is 3.10. The first-order valence-corrected chi connectivity index (χ1v) is 10.4. The van der Waals surface area contributed by atoms with Crippen molar-refractivity contribution in [2.75, 3.05) is 72.2 Å². The predicted molar refractivity (Wildman–Crippen MR) is 113 cm³/mol. The van der Waals surface area contributed by atoms with E-state index in [1.165, 1.54) is 19.3 Å². The fraction of sp³-hybridized carbons (Fsp3) is 1.00. The molecule has 0 saturated carbocycles. The molecule has 0 spiro atoms. The number of ether oxygens (including phenoxy) is 2. The third-order valence-electron chi connectivity index (χ3n) is 4.69. The van der Waals surface area contributed by atoms with Gasteiger partial charge in [-0.1, -0.05) is 48.0 Å². The second-order valence-electron chi connectivity index (χ2n) is 7.91. The van der Waals surface area contributed by atoms with Crippen molar-refractivity contribution in [1.82, 2.24) is 15.1 Å². The van der Waals surface area contributed by atoms with Gasteiger partial charge in [0.1, 0.15) is 0 Å². The lowest BCUT2D eigenvalue weighted by molar-refractivity contribution is 0.0563. The molecule has 0 aliphatic carbocycles. The van der Waals surface area contributed by atoms with Crippen LogP contribution in [0, 0.1) is 5.92 Å². The lowest BCUT2D eigenvalue weighted by Crippen LogP contribution is -2.48. The second-order valence-corrected chi connectivity index (χ2v) is 7.91. The van der Waals surface area contributed by atoms with Crippen molar-refractivity contribution in [3.05, 3.63) is 0 Å². The quantitative estimate of drug-likeness (QED) is 0.447. The Balaban J connectivity index is 0.00000625. The molecule has 0 aromatic rings. The van der Waals surface area contributed by atoms with Crippen LogP contribution < -0.4 is 5.32 Å². The van der Waals surface area contributed by atoms with E-state index in [-0.39, 0.29) is 7.43 Å². The van der Waals surface area contributed by atoms with Crippen LogP contribution >= 0.6 is 0 Å². The third kappa shape index (κ3) is 14.9. The standard InChI is InChI=1S/C20H43N3O2.CH4/c1-19(2)7-5-6-15-24-17-13-22-9-11-23(12-10-22)14-18-25-16-8-21-20(3)4;/h19-21H,5-18H2,1-4H3;1H4. The van der Waals surface area contributed by atoms with E-state index in [4.69, 9.17) is 9.47 Å². The Kier molecular flexibility index (Phi) is 16.8. The van der Waals surface area contributed by atoms with Gasteiger partial charge in [-0.15, -0.1) is 0 Å². The number of nitrogens with one attached hydrogen (secondary N) is 1. The summed E-state index contributed by atoms with van der Waals surface area (Å²) < 4.78 is 11.5. The van der Waals surface area contributed by atoms with Gasteiger partial charge in [-0.25, -0.2) is 0 Å².